The average Bonchev–Trinajstić information content (AvgIpc) is 3.56. The van der Waals surface area contributed by atoms with Crippen LogP contribution >= 0.6 is 0 Å². The molecule has 14 rings (SSSR count). The van der Waals surface area contributed by atoms with Crippen LogP contribution in [-0.4, -0.2) is 0 Å². The van der Waals surface area contributed by atoms with Gasteiger partial charge in [0, 0.05) is 11.3 Å². The lowest BCUT2D eigenvalue weighted by atomic mass is 9.70. The predicted octanol–water partition coefficient (Wildman–Crippen LogP) is 16.8. The molecule has 0 spiro atoms. The smallest absolute Gasteiger partial charge is 0.0345 e. The molecule has 1 unspecified atom stereocenters. The van der Waals surface area contributed by atoms with Crippen molar-refractivity contribution in [3.8, 4) is 55.6 Å². The first-order valence-electron chi connectivity index (χ1n) is 22.5. The van der Waals surface area contributed by atoms with Crippen LogP contribution in [0.4, 0.5) is 0 Å². The van der Waals surface area contributed by atoms with Crippen molar-refractivity contribution < 1.29 is 0 Å². The molecule has 0 heterocycles. The minimum absolute atomic E-state index is 0.128. The molecule has 294 valence electrons. The van der Waals surface area contributed by atoms with E-state index in [0.717, 1.165) is 6.42 Å². The van der Waals surface area contributed by atoms with Gasteiger partial charge in [0.2, 0.25) is 0 Å². The van der Waals surface area contributed by atoms with Crippen LogP contribution in [0.25, 0.3) is 105 Å². The Morgan fingerprint density at radius 1 is 0.429 bits per heavy atom. The van der Waals surface area contributed by atoms with Crippen LogP contribution in [0.3, 0.4) is 0 Å². The highest BCUT2D eigenvalue weighted by molar-refractivity contribution is 6.25. The fraction of sp³-hybridized carbons (Fsp3) is 0.0794. The summed E-state index contributed by atoms with van der Waals surface area (Å²) in [6.45, 7) is 4.79. The highest BCUT2D eigenvalue weighted by Crippen LogP contribution is 2.52. The Bertz CT molecular complexity index is 3750. The van der Waals surface area contributed by atoms with E-state index in [-0.39, 0.29) is 5.41 Å². The number of benzene rings is 10. The standard InChI is InChI=1S/C63H42/c1-63(2)57-35-48(37-9-11-38(12-10-37)51-27-21-43-15-13-39-5-3-7-41-23-31-55(51)61(43)59(39)41)25-29-53(57)54-30-26-49(36-58(54)63)46-17-18-47-34-50(20-19-45(47)33-46)52-28-22-44-16-14-40-6-4-8-42-24-32-56(52)62(44)60(40)42/h3-30,32-36,59H,31H2,1-2H3. The summed E-state index contributed by atoms with van der Waals surface area (Å²) in [7, 11) is 0. The van der Waals surface area contributed by atoms with E-state index < -0.39 is 0 Å². The van der Waals surface area contributed by atoms with Crippen LogP contribution in [0.15, 0.2) is 205 Å². The molecule has 10 aromatic carbocycles. The molecule has 0 aromatic heterocycles. The topological polar surface area (TPSA) is 0 Å². The van der Waals surface area contributed by atoms with Crippen LogP contribution in [0, 0.1) is 0 Å². The fourth-order valence-electron chi connectivity index (χ4n) is 11.9. The minimum Gasteiger partial charge on any atom is -0.0759 e. The van der Waals surface area contributed by atoms with E-state index in [2.05, 4.69) is 214 Å². The lowest BCUT2D eigenvalue weighted by Crippen LogP contribution is -2.18. The van der Waals surface area contributed by atoms with Crippen LogP contribution < -0.4 is 0 Å². The van der Waals surface area contributed by atoms with Crippen molar-refractivity contribution in [2.75, 3.05) is 0 Å². The van der Waals surface area contributed by atoms with E-state index in [1.54, 1.807) is 0 Å². The van der Waals surface area contributed by atoms with Gasteiger partial charge in [-0.1, -0.05) is 190 Å². The maximum atomic E-state index is 2.45. The summed E-state index contributed by atoms with van der Waals surface area (Å²) in [6, 6.07) is 62.5. The summed E-state index contributed by atoms with van der Waals surface area (Å²) >= 11 is 0. The molecule has 0 aliphatic heterocycles. The zero-order valence-corrected chi connectivity index (χ0v) is 35.3. The van der Waals surface area contributed by atoms with Crippen molar-refractivity contribution in [2.24, 2.45) is 0 Å². The first-order valence-corrected chi connectivity index (χ1v) is 22.5. The molecule has 0 saturated heterocycles. The summed E-state index contributed by atoms with van der Waals surface area (Å²) in [4.78, 5) is 0. The summed E-state index contributed by atoms with van der Waals surface area (Å²) in [5, 5.41) is 10.5. The third-order valence-corrected chi connectivity index (χ3v) is 15.1. The number of rotatable bonds is 4. The summed E-state index contributed by atoms with van der Waals surface area (Å²) < 4.78 is 0. The lowest BCUT2D eigenvalue weighted by molar-refractivity contribution is 0.661. The maximum absolute atomic E-state index is 2.45. The molecule has 4 aliphatic rings. The van der Waals surface area contributed by atoms with Gasteiger partial charge in [0.25, 0.3) is 0 Å². The summed E-state index contributed by atoms with van der Waals surface area (Å²) in [5.41, 5.74) is 22.8. The molecule has 0 N–H and O–H groups in total. The van der Waals surface area contributed by atoms with Crippen molar-refractivity contribution >= 4 is 49.2 Å². The quantitative estimate of drug-likeness (QED) is 0.156. The van der Waals surface area contributed by atoms with Crippen molar-refractivity contribution in [3.63, 3.8) is 0 Å². The molecule has 0 bridgehead atoms. The number of fused-ring (bicyclic) bond motifs is 4. The monoisotopic (exact) mass is 798 g/mol. The molecule has 0 fully saturated rings. The molecule has 1 atom stereocenters. The SMILES string of the molecule is CC1(C)c2cc(-c3ccc(-c4ccc5c6c4CC=C4C=CC=C(C=C5)C46)cc3)ccc2-c2ccc(-c3ccc4cc(-c5ccc6ccc7cccc8ccc5c6c78)ccc4c3)cc21. The summed E-state index contributed by atoms with van der Waals surface area (Å²) in [6.07, 6.45) is 14.8. The highest BCUT2D eigenvalue weighted by Gasteiger charge is 2.36. The molecule has 0 nitrogen and oxygen atoms in total. The van der Waals surface area contributed by atoms with Gasteiger partial charge in [-0.25, -0.2) is 0 Å². The molecule has 4 aliphatic carbocycles. The molecular weight excluding hydrogens is 757 g/mol. The molecule has 0 saturated carbocycles. The van der Waals surface area contributed by atoms with Crippen molar-refractivity contribution in [1.29, 1.82) is 0 Å². The van der Waals surface area contributed by atoms with E-state index in [1.165, 1.54) is 138 Å². The van der Waals surface area contributed by atoms with Crippen LogP contribution in [0.1, 0.15) is 47.6 Å². The maximum Gasteiger partial charge on any atom is 0.0345 e. The zero-order valence-electron chi connectivity index (χ0n) is 35.3. The van der Waals surface area contributed by atoms with Gasteiger partial charge in [0.1, 0.15) is 0 Å². The van der Waals surface area contributed by atoms with Gasteiger partial charge in [0.05, 0.1) is 0 Å². The molecule has 0 radical (unpaired) electrons. The van der Waals surface area contributed by atoms with Gasteiger partial charge in [0.15, 0.2) is 0 Å². The van der Waals surface area contributed by atoms with Gasteiger partial charge in [-0.3, -0.25) is 0 Å². The van der Waals surface area contributed by atoms with E-state index in [4.69, 9.17) is 0 Å². The van der Waals surface area contributed by atoms with E-state index >= 15 is 0 Å². The Labute approximate surface area is 367 Å². The summed E-state index contributed by atoms with van der Waals surface area (Å²) in [5.74, 6) is 0.368. The highest BCUT2D eigenvalue weighted by atomic mass is 14.4. The lowest BCUT2D eigenvalue weighted by Gasteiger charge is -2.34. The second-order valence-electron chi connectivity index (χ2n) is 18.8. The zero-order chi connectivity index (χ0) is 41.6. The first-order chi connectivity index (χ1) is 30.9. The molecule has 63 heavy (non-hydrogen) atoms. The van der Waals surface area contributed by atoms with E-state index in [0.29, 0.717) is 5.92 Å². The average molecular weight is 799 g/mol. The van der Waals surface area contributed by atoms with E-state index in [9.17, 15) is 0 Å². The van der Waals surface area contributed by atoms with Gasteiger partial charge >= 0.3 is 0 Å². The van der Waals surface area contributed by atoms with Gasteiger partial charge in [-0.05, 0) is 168 Å². The van der Waals surface area contributed by atoms with E-state index in [1.807, 2.05) is 0 Å². The third kappa shape index (κ3) is 5.04. The van der Waals surface area contributed by atoms with Gasteiger partial charge in [-0.2, -0.15) is 0 Å². The van der Waals surface area contributed by atoms with Gasteiger partial charge in [-0.15, -0.1) is 0 Å². The Kier molecular flexibility index (Phi) is 7.11. The largest absolute Gasteiger partial charge is 0.0759 e. The van der Waals surface area contributed by atoms with Crippen LogP contribution in [0.5, 0.6) is 0 Å². The predicted molar refractivity (Wildman–Crippen MR) is 268 cm³/mol. The Balaban J connectivity index is 0.763. The Morgan fingerprint density at radius 3 is 1.78 bits per heavy atom. The van der Waals surface area contributed by atoms with Crippen molar-refractivity contribution in [3.05, 3.63) is 233 Å². The molecular formula is C63H42. The second kappa shape index (κ2) is 12.8. The van der Waals surface area contributed by atoms with Crippen molar-refractivity contribution in [1.82, 2.24) is 0 Å². The molecule has 0 heteroatoms. The first kappa shape index (κ1) is 35.1. The number of hydrogen-bond donors (Lipinski definition) is 0. The van der Waals surface area contributed by atoms with Crippen molar-refractivity contribution in [2.45, 2.75) is 31.6 Å². The minimum atomic E-state index is -0.128. The Morgan fingerprint density at radius 2 is 1.00 bits per heavy atom. The normalized spacial score (nSPS) is 16.4. The van der Waals surface area contributed by atoms with Crippen LogP contribution in [-0.2, 0) is 11.8 Å². The molecule has 0 amide bonds. The Hall–Kier alpha value is -7.54. The molecule has 10 aromatic rings. The number of hydrogen-bond acceptors (Lipinski definition) is 0. The number of allylic oxidation sites excluding steroid dienone is 7. The third-order valence-electron chi connectivity index (χ3n) is 15.1. The fourth-order valence-corrected chi connectivity index (χ4v) is 11.9. The second-order valence-corrected chi connectivity index (χ2v) is 18.8. The van der Waals surface area contributed by atoms with Crippen LogP contribution in [0.2, 0.25) is 0 Å². The van der Waals surface area contributed by atoms with Gasteiger partial charge < -0.3 is 0 Å².